The van der Waals surface area contributed by atoms with Gasteiger partial charge in [-0.15, -0.1) is 0 Å². The standard InChI is InChI=1S/C8H7ClN2/c1-5-3-7(4-10)11-8(9)6(5)2/h3H,1-2H3. The maximum absolute atomic E-state index is 8.51. The van der Waals surface area contributed by atoms with E-state index in [1.807, 2.05) is 19.9 Å². The normalized spacial score (nSPS) is 9.27. The Morgan fingerprint density at radius 3 is 2.64 bits per heavy atom. The van der Waals surface area contributed by atoms with Crippen molar-refractivity contribution in [2.75, 3.05) is 0 Å². The lowest BCUT2D eigenvalue weighted by molar-refractivity contribution is 1.18. The third kappa shape index (κ3) is 1.50. The molecule has 0 radical (unpaired) electrons. The van der Waals surface area contributed by atoms with Gasteiger partial charge in [0.25, 0.3) is 0 Å². The lowest BCUT2D eigenvalue weighted by Crippen LogP contribution is -1.90. The van der Waals surface area contributed by atoms with Gasteiger partial charge >= 0.3 is 0 Å². The Morgan fingerprint density at radius 2 is 2.18 bits per heavy atom. The Balaban J connectivity index is 3.35. The average molecular weight is 167 g/mol. The van der Waals surface area contributed by atoms with Crippen molar-refractivity contribution in [1.29, 1.82) is 5.26 Å². The van der Waals surface area contributed by atoms with Crippen LogP contribution in [0.1, 0.15) is 16.8 Å². The van der Waals surface area contributed by atoms with Gasteiger partial charge in [0, 0.05) is 0 Å². The smallest absolute Gasteiger partial charge is 0.142 e. The molecule has 3 heteroatoms. The topological polar surface area (TPSA) is 36.7 Å². The third-order valence-corrected chi connectivity index (χ3v) is 1.96. The van der Waals surface area contributed by atoms with Crippen LogP contribution in [0.25, 0.3) is 0 Å². The fourth-order valence-corrected chi connectivity index (χ4v) is 0.995. The van der Waals surface area contributed by atoms with Crippen LogP contribution in [0.15, 0.2) is 6.07 Å². The summed E-state index contributed by atoms with van der Waals surface area (Å²) in [5.41, 5.74) is 2.31. The van der Waals surface area contributed by atoms with Gasteiger partial charge in [-0.25, -0.2) is 4.98 Å². The van der Waals surface area contributed by atoms with E-state index >= 15 is 0 Å². The summed E-state index contributed by atoms with van der Waals surface area (Å²) in [6.07, 6.45) is 0. The summed E-state index contributed by atoms with van der Waals surface area (Å²) in [4.78, 5) is 3.86. The van der Waals surface area contributed by atoms with E-state index in [2.05, 4.69) is 4.98 Å². The predicted molar refractivity (Wildman–Crippen MR) is 43.4 cm³/mol. The molecule has 0 N–H and O–H groups in total. The summed E-state index contributed by atoms with van der Waals surface area (Å²) in [6.45, 7) is 3.79. The quantitative estimate of drug-likeness (QED) is 0.555. The molecule has 0 fully saturated rings. The first-order valence-electron chi connectivity index (χ1n) is 3.19. The van der Waals surface area contributed by atoms with Gasteiger partial charge in [0.15, 0.2) is 0 Å². The molecule has 56 valence electrons. The molecule has 1 aromatic rings. The number of rotatable bonds is 0. The Labute approximate surface area is 70.4 Å². The van der Waals surface area contributed by atoms with Crippen molar-refractivity contribution in [3.05, 3.63) is 28.0 Å². The molecule has 0 aliphatic heterocycles. The summed E-state index contributed by atoms with van der Waals surface area (Å²) in [5.74, 6) is 0. The summed E-state index contributed by atoms with van der Waals surface area (Å²) < 4.78 is 0. The first kappa shape index (κ1) is 8.03. The van der Waals surface area contributed by atoms with Gasteiger partial charge in [-0.05, 0) is 31.0 Å². The lowest BCUT2D eigenvalue weighted by atomic mass is 10.1. The molecule has 1 rings (SSSR count). The minimum Gasteiger partial charge on any atom is -0.225 e. The van der Waals surface area contributed by atoms with Crippen LogP contribution in [0.5, 0.6) is 0 Å². The summed E-state index contributed by atoms with van der Waals surface area (Å²) in [5, 5.41) is 8.92. The summed E-state index contributed by atoms with van der Waals surface area (Å²) in [7, 11) is 0. The van der Waals surface area contributed by atoms with Gasteiger partial charge in [0.1, 0.15) is 16.9 Å². The van der Waals surface area contributed by atoms with Crippen LogP contribution in [0, 0.1) is 25.2 Å². The van der Waals surface area contributed by atoms with E-state index < -0.39 is 0 Å². The minimum absolute atomic E-state index is 0.373. The molecule has 2 nitrogen and oxygen atoms in total. The fraction of sp³-hybridized carbons (Fsp3) is 0.250. The number of aryl methyl sites for hydroxylation is 1. The zero-order chi connectivity index (χ0) is 8.43. The summed E-state index contributed by atoms with van der Waals surface area (Å²) >= 11 is 5.74. The predicted octanol–water partition coefficient (Wildman–Crippen LogP) is 2.22. The maximum atomic E-state index is 8.51. The minimum atomic E-state index is 0.373. The molecule has 1 aromatic heterocycles. The molecule has 0 aliphatic rings. The highest BCUT2D eigenvalue weighted by Crippen LogP contribution is 2.16. The van der Waals surface area contributed by atoms with E-state index in [9.17, 15) is 0 Å². The monoisotopic (exact) mass is 166 g/mol. The molecule has 11 heavy (non-hydrogen) atoms. The molecule has 0 unspecified atom stereocenters. The second-order valence-corrected chi connectivity index (χ2v) is 2.71. The number of nitrogens with zero attached hydrogens (tertiary/aromatic N) is 2. The number of pyridine rings is 1. The van der Waals surface area contributed by atoms with Crippen molar-refractivity contribution in [1.82, 2.24) is 4.98 Å². The van der Waals surface area contributed by atoms with Gasteiger partial charge in [0.2, 0.25) is 0 Å². The zero-order valence-electron chi connectivity index (χ0n) is 6.35. The van der Waals surface area contributed by atoms with E-state index in [0.29, 0.717) is 10.8 Å². The highest BCUT2D eigenvalue weighted by atomic mass is 35.5. The van der Waals surface area contributed by atoms with Crippen molar-refractivity contribution in [2.45, 2.75) is 13.8 Å². The maximum Gasteiger partial charge on any atom is 0.142 e. The molecule has 0 bridgehead atoms. The molecule has 0 aromatic carbocycles. The fourth-order valence-electron chi connectivity index (χ4n) is 0.755. The van der Waals surface area contributed by atoms with Gasteiger partial charge in [-0.3, -0.25) is 0 Å². The van der Waals surface area contributed by atoms with Crippen LogP contribution in [0.2, 0.25) is 5.15 Å². The first-order valence-corrected chi connectivity index (χ1v) is 3.57. The van der Waals surface area contributed by atoms with Crippen molar-refractivity contribution in [3.63, 3.8) is 0 Å². The van der Waals surface area contributed by atoms with Gasteiger partial charge in [-0.2, -0.15) is 5.26 Å². The molecule has 0 saturated carbocycles. The molecular weight excluding hydrogens is 160 g/mol. The molecule has 0 amide bonds. The van der Waals surface area contributed by atoms with Crippen LogP contribution in [-0.4, -0.2) is 4.98 Å². The van der Waals surface area contributed by atoms with Gasteiger partial charge in [0.05, 0.1) is 0 Å². The third-order valence-electron chi connectivity index (χ3n) is 1.59. The van der Waals surface area contributed by atoms with E-state index in [1.165, 1.54) is 0 Å². The Hall–Kier alpha value is -1.07. The lowest BCUT2D eigenvalue weighted by Gasteiger charge is -2.00. The largest absolute Gasteiger partial charge is 0.225 e. The molecule has 0 spiro atoms. The number of hydrogen-bond donors (Lipinski definition) is 0. The summed E-state index contributed by atoms with van der Waals surface area (Å²) in [6, 6.07) is 3.66. The van der Waals surface area contributed by atoms with Crippen molar-refractivity contribution in [2.24, 2.45) is 0 Å². The number of hydrogen-bond acceptors (Lipinski definition) is 2. The van der Waals surface area contributed by atoms with Crippen LogP contribution >= 0.6 is 11.6 Å². The molecule has 0 saturated heterocycles. The molecule has 0 aliphatic carbocycles. The van der Waals surface area contributed by atoms with Crippen molar-refractivity contribution < 1.29 is 0 Å². The van der Waals surface area contributed by atoms with Crippen molar-refractivity contribution >= 4 is 11.6 Å². The molecule has 0 atom stereocenters. The highest BCUT2D eigenvalue weighted by molar-refractivity contribution is 6.30. The van der Waals surface area contributed by atoms with Gasteiger partial charge < -0.3 is 0 Å². The van der Waals surface area contributed by atoms with E-state index in [-0.39, 0.29) is 0 Å². The SMILES string of the molecule is Cc1cc(C#N)nc(Cl)c1C. The van der Waals surface area contributed by atoms with Crippen LogP contribution in [0.3, 0.4) is 0 Å². The Morgan fingerprint density at radius 1 is 1.55 bits per heavy atom. The average Bonchev–Trinajstić information content (AvgIpc) is 1.99. The first-order chi connectivity index (χ1) is 5.15. The van der Waals surface area contributed by atoms with E-state index in [0.717, 1.165) is 11.1 Å². The highest BCUT2D eigenvalue weighted by Gasteiger charge is 2.02. The Bertz CT molecular complexity index is 302. The Kier molecular flexibility index (Phi) is 2.11. The van der Waals surface area contributed by atoms with Crippen LogP contribution in [0.4, 0.5) is 0 Å². The van der Waals surface area contributed by atoms with Gasteiger partial charge in [-0.1, -0.05) is 11.6 Å². The van der Waals surface area contributed by atoms with Crippen LogP contribution < -0.4 is 0 Å². The van der Waals surface area contributed by atoms with E-state index in [4.69, 9.17) is 16.9 Å². The second-order valence-electron chi connectivity index (χ2n) is 2.35. The van der Waals surface area contributed by atoms with Crippen LogP contribution in [-0.2, 0) is 0 Å². The van der Waals surface area contributed by atoms with Crippen molar-refractivity contribution in [3.8, 4) is 6.07 Å². The zero-order valence-corrected chi connectivity index (χ0v) is 7.11. The molecular formula is C8H7ClN2. The second kappa shape index (κ2) is 2.89. The number of aromatic nitrogens is 1. The number of nitriles is 1. The molecule has 1 heterocycles. The van der Waals surface area contributed by atoms with E-state index in [1.54, 1.807) is 6.07 Å². The number of halogens is 1.